The van der Waals surface area contributed by atoms with E-state index in [1.54, 1.807) is 6.92 Å². The third-order valence-electron chi connectivity index (χ3n) is 4.18. The second-order valence-electron chi connectivity index (χ2n) is 6.51. The van der Waals surface area contributed by atoms with Crippen molar-refractivity contribution in [3.05, 3.63) is 84.1 Å². The third kappa shape index (κ3) is 8.26. The standard InChI is InChI=1S/C23H28N2O.C2H6/c1-5-20-7-6-8-22(16-20)19(4)24-14-13-17(2)25-23-11-9-21(10-12-23)15-18(3)26;1-2/h6-12,16,24-25H,2,4-5,13-15H2,1,3H3;1-2H3. The Morgan fingerprint density at radius 2 is 1.68 bits per heavy atom. The lowest BCUT2D eigenvalue weighted by atomic mass is 10.1. The number of hydrogen-bond acceptors (Lipinski definition) is 3. The molecule has 0 aliphatic heterocycles. The summed E-state index contributed by atoms with van der Waals surface area (Å²) in [6, 6.07) is 16.3. The molecule has 0 fully saturated rings. The molecule has 2 rings (SSSR count). The van der Waals surface area contributed by atoms with Crippen LogP contribution in [-0.4, -0.2) is 12.3 Å². The zero-order valence-corrected chi connectivity index (χ0v) is 17.8. The molecule has 3 nitrogen and oxygen atoms in total. The first kappa shape index (κ1) is 23.2. The molecule has 3 heteroatoms. The molecule has 2 aromatic carbocycles. The van der Waals surface area contributed by atoms with Crippen molar-refractivity contribution in [1.29, 1.82) is 0 Å². The summed E-state index contributed by atoms with van der Waals surface area (Å²) in [6.45, 7) is 16.7. The van der Waals surface area contributed by atoms with Crippen molar-refractivity contribution in [3.63, 3.8) is 0 Å². The molecule has 150 valence electrons. The lowest BCUT2D eigenvalue weighted by Crippen LogP contribution is -2.15. The number of rotatable bonds is 10. The van der Waals surface area contributed by atoms with Gasteiger partial charge < -0.3 is 10.6 Å². The smallest absolute Gasteiger partial charge is 0.134 e. The van der Waals surface area contributed by atoms with Crippen LogP contribution < -0.4 is 10.6 Å². The van der Waals surface area contributed by atoms with Crippen LogP contribution in [0.15, 0.2) is 67.4 Å². The van der Waals surface area contributed by atoms with E-state index in [4.69, 9.17) is 0 Å². The summed E-state index contributed by atoms with van der Waals surface area (Å²) >= 11 is 0. The van der Waals surface area contributed by atoms with Gasteiger partial charge in [-0.2, -0.15) is 0 Å². The Kier molecular flexibility index (Phi) is 10.4. The minimum atomic E-state index is 0.172. The van der Waals surface area contributed by atoms with E-state index < -0.39 is 0 Å². The summed E-state index contributed by atoms with van der Waals surface area (Å²) in [5.74, 6) is 0.172. The van der Waals surface area contributed by atoms with Crippen LogP contribution >= 0.6 is 0 Å². The van der Waals surface area contributed by atoms with Crippen molar-refractivity contribution in [1.82, 2.24) is 5.32 Å². The Labute approximate surface area is 170 Å². The molecule has 2 N–H and O–H groups in total. The summed E-state index contributed by atoms with van der Waals surface area (Å²) in [4.78, 5) is 11.1. The number of aryl methyl sites for hydroxylation is 1. The van der Waals surface area contributed by atoms with Gasteiger partial charge in [-0.1, -0.05) is 64.3 Å². The number of nitrogens with one attached hydrogen (secondary N) is 2. The van der Waals surface area contributed by atoms with Crippen LogP contribution in [0.25, 0.3) is 5.70 Å². The molecular weight excluding hydrogens is 344 g/mol. The third-order valence-corrected chi connectivity index (χ3v) is 4.18. The summed E-state index contributed by atoms with van der Waals surface area (Å²) in [6.07, 6.45) is 2.29. The molecule has 0 spiro atoms. The Balaban J connectivity index is 0.00000190. The van der Waals surface area contributed by atoms with Gasteiger partial charge >= 0.3 is 0 Å². The van der Waals surface area contributed by atoms with Gasteiger partial charge in [0.05, 0.1) is 0 Å². The molecule has 0 heterocycles. The van der Waals surface area contributed by atoms with E-state index in [-0.39, 0.29) is 5.78 Å². The number of anilines is 1. The second kappa shape index (κ2) is 12.6. The van der Waals surface area contributed by atoms with Crippen LogP contribution in [0, 0.1) is 0 Å². The molecule has 0 aromatic heterocycles. The molecule has 0 aliphatic rings. The van der Waals surface area contributed by atoms with E-state index in [9.17, 15) is 4.79 Å². The van der Waals surface area contributed by atoms with Gasteiger partial charge in [0.15, 0.2) is 0 Å². The molecule has 0 saturated carbocycles. The van der Waals surface area contributed by atoms with Crippen molar-refractivity contribution >= 4 is 17.2 Å². The molecule has 0 saturated heterocycles. The van der Waals surface area contributed by atoms with E-state index in [0.717, 1.165) is 47.6 Å². The van der Waals surface area contributed by atoms with Crippen molar-refractivity contribution < 1.29 is 4.79 Å². The van der Waals surface area contributed by atoms with Gasteiger partial charge in [-0.05, 0) is 48.2 Å². The predicted molar refractivity (Wildman–Crippen MR) is 122 cm³/mol. The Morgan fingerprint density at radius 1 is 1.00 bits per heavy atom. The van der Waals surface area contributed by atoms with Crippen LogP contribution in [-0.2, 0) is 17.6 Å². The lowest BCUT2D eigenvalue weighted by Gasteiger charge is -2.13. The molecule has 2 aromatic rings. The van der Waals surface area contributed by atoms with Crippen molar-refractivity contribution in [2.75, 3.05) is 11.9 Å². The highest BCUT2D eigenvalue weighted by Crippen LogP contribution is 2.15. The van der Waals surface area contributed by atoms with Crippen LogP contribution in [0.2, 0.25) is 0 Å². The molecule has 0 aliphatic carbocycles. The zero-order valence-electron chi connectivity index (χ0n) is 17.8. The average molecular weight is 379 g/mol. The molecule has 0 unspecified atom stereocenters. The molecule has 0 radical (unpaired) electrons. The number of hydrogen-bond donors (Lipinski definition) is 2. The maximum Gasteiger partial charge on any atom is 0.134 e. The van der Waals surface area contributed by atoms with Gasteiger partial charge in [-0.25, -0.2) is 0 Å². The Hall–Kier alpha value is -2.81. The summed E-state index contributed by atoms with van der Waals surface area (Å²) in [5, 5.41) is 6.67. The van der Waals surface area contributed by atoms with Crippen molar-refractivity contribution in [2.45, 2.75) is 47.0 Å². The molecule has 0 bridgehead atoms. The number of benzene rings is 2. The highest BCUT2D eigenvalue weighted by molar-refractivity contribution is 5.78. The van der Waals surface area contributed by atoms with E-state index in [2.05, 4.69) is 55.0 Å². The SMILES string of the molecule is C=C(CCNC(=C)c1cccc(CC)c1)Nc1ccc(CC(C)=O)cc1.CC. The van der Waals surface area contributed by atoms with Crippen molar-refractivity contribution in [3.8, 4) is 0 Å². The summed E-state index contributed by atoms with van der Waals surface area (Å²) in [5.41, 5.74) is 6.32. The van der Waals surface area contributed by atoms with E-state index in [1.165, 1.54) is 5.56 Å². The average Bonchev–Trinajstić information content (AvgIpc) is 2.70. The fourth-order valence-corrected chi connectivity index (χ4v) is 2.71. The van der Waals surface area contributed by atoms with Crippen LogP contribution in [0.4, 0.5) is 5.69 Å². The van der Waals surface area contributed by atoms with Gasteiger partial charge in [0.1, 0.15) is 5.78 Å². The minimum absolute atomic E-state index is 0.172. The molecular formula is C25H34N2O. The van der Waals surface area contributed by atoms with Gasteiger partial charge in [0.2, 0.25) is 0 Å². The highest BCUT2D eigenvalue weighted by atomic mass is 16.1. The quantitative estimate of drug-likeness (QED) is 0.534. The largest absolute Gasteiger partial charge is 0.385 e. The van der Waals surface area contributed by atoms with E-state index >= 15 is 0 Å². The number of carbonyl (C=O) groups excluding carboxylic acids is 1. The van der Waals surface area contributed by atoms with Crippen LogP contribution in [0.5, 0.6) is 0 Å². The maximum absolute atomic E-state index is 11.1. The first-order valence-corrected chi connectivity index (χ1v) is 10.0. The van der Waals surface area contributed by atoms with Crippen LogP contribution in [0.3, 0.4) is 0 Å². The fourth-order valence-electron chi connectivity index (χ4n) is 2.71. The zero-order chi connectivity index (χ0) is 20.9. The Morgan fingerprint density at radius 3 is 2.29 bits per heavy atom. The van der Waals surface area contributed by atoms with Gasteiger partial charge in [-0.3, -0.25) is 4.79 Å². The van der Waals surface area contributed by atoms with E-state index in [1.807, 2.05) is 38.1 Å². The monoisotopic (exact) mass is 378 g/mol. The number of ketones is 1. The van der Waals surface area contributed by atoms with Crippen LogP contribution in [0.1, 0.15) is 50.8 Å². The lowest BCUT2D eigenvalue weighted by molar-refractivity contribution is -0.116. The Bertz CT molecular complexity index is 775. The molecule has 0 amide bonds. The molecule has 0 atom stereocenters. The fraction of sp³-hybridized carbons (Fsp3) is 0.320. The van der Waals surface area contributed by atoms with Gasteiger partial charge in [0.25, 0.3) is 0 Å². The van der Waals surface area contributed by atoms with Gasteiger partial charge in [0, 0.05) is 36.5 Å². The first-order chi connectivity index (χ1) is 13.5. The topological polar surface area (TPSA) is 41.1 Å². The minimum Gasteiger partial charge on any atom is -0.385 e. The van der Waals surface area contributed by atoms with Crippen molar-refractivity contribution in [2.24, 2.45) is 0 Å². The summed E-state index contributed by atoms with van der Waals surface area (Å²) in [7, 11) is 0. The molecule has 28 heavy (non-hydrogen) atoms. The highest BCUT2D eigenvalue weighted by Gasteiger charge is 2.02. The normalized spacial score (nSPS) is 9.71. The second-order valence-corrected chi connectivity index (χ2v) is 6.51. The number of Topliss-reactive ketones (excluding diaryl/α,β-unsaturated/α-hetero) is 1. The number of carbonyl (C=O) groups is 1. The van der Waals surface area contributed by atoms with Gasteiger partial charge in [-0.15, -0.1) is 0 Å². The maximum atomic E-state index is 11.1. The predicted octanol–water partition coefficient (Wildman–Crippen LogP) is 5.98. The first-order valence-electron chi connectivity index (χ1n) is 10.0. The summed E-state index contributed by atoms with van der Waals surface area (Å²) < 4.78 is 0. The van der Waals surface area contributed by atoms with E-state index in [0.29, 0.717) is 6.42 Å².